The number of hydrogen-bond donors (Lipinski definition) is 2. The van der Waals surface area contributed by atoms with Gasteiger partial charge in [0.2, 0.25) is 5.91 Å². The first-order chi connectivity index (χ1) is 12.8. The predicted molar refractivity (Wildman–Crippen MR) is 105 cm³/mol. The number of H-pyrrole nitrogens is 1. The van der Waals surface area contributed by atoms with Crippen LogP contribution in [0.4, 0.5) is 11.5 Å². The highest BCUT2D eigenvalue weighted by molar-refractivity contribution is 5.96. The summed E-state index contributed by atoms with van der Waals surface area (Å²) in [6.45, 7) is 9.38. The van der Waals surface area contributed by atoms with Crippen molar-refractivity contribution in [1.29, 1.82) is 0 Å². The Hall–Kier alpha value is -2.13. The summed E-state index contributed by atoms with van der Waals surface area (Å²) >= 11 is 0. The zero-order valence-electron chi connectivity index (χ0n) is 16.5. The SMILES string of the molecule is CCCCn1c(N)c(N(CC(C)C)C(=O)CN2CCOCC2)c(=O)[nH]c1=O. The van der Waals surface area contributed by atoms with Crippen molar-refractivity contribution in [3.63, 3.8) is 0 Å². The minimum Gasteiger partial charge on any atom is -0.383 e. The lowest BCUT2D eigenvalue weighted by Crippen LogP contribution is -2.48. The van der Waals surface area contributed by atoms with Crippen LogP contribution in [0.2, 0.25) is 0 Å². The Balaban J connectivity index is 2.38. The number of carbonyl (C=O) groups is 1. The summed E-state index contributed by atoms with van der Waals surface area (Å²) in [4.78, 5) is 43.4. The number of carbonyl (C=O) groups excluding carboxylic acids is 1. The van der Waals surface area contributed by atoms with Gasteiger partial charge in [-0.3, -0.25) is 24.0 Å². The minimum absolute atomic E-state index is 0.0492. The summed E-state index contributed by atoms with van der Waals surface area (Å²) in [5.41, 5.74) is 5.09. The maximum absolute atomic E-state index is 13.0. The number of morpholine rings is 1. The van der Waals surface area contributed by atoms with Gasteiger partial charge < -0.3 is 15.4 Å². The van der Waals surface area contributed by atoms with Gasteiger partial charge in [0, 0.05) is 26.2 Å². The number of nitrogen functional groups attached to an aromatic ring is 1. The molecule has 1 amide bonds. The lowest BCUT2D eigenvalue weighted by molar-refractivity contribution is -0.120. The van der Waals surface area contributed by atoms with E-state index < -0.39 is 11.2 Å². The standard InChI is InChI=1S/C18H31N5O4/c1-4-5-6-22-16(19)15(17(25)20-18(22)26)23(11-13(2)3)14(24)12-21-7-9-27-10-8-21/h13H,4-12,19H2,1-3H3,(H,20,25,26). The van der Waals surface area contributed by atoms with Gasteiger partial charge in [-0.25, -0.2) is 4.79 Å². The van der Waals surface area contributed by atoms with Gasteiger partial charge in [-0.1, -0.05) is 27.2 Å². The van der Waals surface area contributed by atoms with Crippen LogP contribution in [0.15, 0.2) is 9.59 Å². The molecule has 0 atom stereocenters. The number of aromatic nitrogens is 2. The van der Waals surface area contributed by atoms with Crippen molar-refractivity contribution in [2.75, 3.05) is 50.0 Å². The Labute approximate surface area is 159 Å². The van der Waals surface area contributed by atoms with Gasteiger partial charge in [-0.05, 0) is 12.3 Å². The van der Waals surface area contributed by atoms with Crippen molar-refractivity contribution in [3.05, 3.63) is 20.8 Å². The van der Waals surface area contributed by atoms with Gasteiger partial charge >= 0.3 is 5.69 Å². The fourth-order valence-corrected chi connectivity index (χ4v) is 3.10. The van der Waals surface area contributed by atoms with Gasteiger partial charge in [0.15, 0.2) is 5.69 Å². The Morgan fingerprint density at radius 2 is 1.96 bits per heavy atom. The van der Waals surface area contributed by atoms with Crippen LogP contribution in [0.3, 0.4) is 0 Å². The molecule has 3 N–H and O–H groups in total. The lowest BCUT2D eigenvalue weighted by Gasteiger charge is -2.30. The Bertz CT molecular complexity index is 749. The molecule has 1 aromatic heterocycles. The Morgan fingerprint density at radius 1 is 1.30 bits per heavy atom. The number of amides is 1. The number of aromatic amines is 1. The number of nitrogens with one attached hydrogen (secondary N) is 1. The van der Waals surface area contributed by atoms with E-state index in [1.54, 1.807) is 0 Å². The summed E-state index contributed by atoms with van der Waals surface area (Å²) in [7, 11) is 0. The zero-order valence-corrected chi connectivity index (χ0v) is 16.5. The minimum atomic E-state index is -0.624. The molecule has 9 heteroatoms. The molecule has 1 fully saturated rings. The van der Waals surface area contributed by atoms with E-state index in [1.165, 1.54) is 9.47 Å². The van der Waals surface area contributed by atoms with Crippen molar-refractivity contribution >= 4 is 17.4 Å². The molecule has 1 saturated heterocycles. The van der Waals surface area contributed by atoms with E-state index >= 15 is 0 Å². The number of nitrogens with two attached hydrogens (primary N) is 1. The molecule has 0 aromatic carbocycles. The van der Waals surface area contributed by atoms with Crippen LogP contribution in [0.25, 0.3) is 0 Å². The molecule has 0 radical (unpaired) electrons. The van der Waals surface area contributed by atoms with Gasteiger partial charge in [0.1, 0.15) is 5.82 Å². The van der Waals surface area contributed by atoms with Gasteiger partial charge in [-0.2, -0.15) is 0 Å². The topological polar surface area (TPSA) is 114 Å². The summed E-state index contributed by atoms with van der Waals surface area (Å²) in [6.07, 6.45) is 1.63. The third-order valence-corrected chi connectivity index (χ3v) is 4.53. The highest BCUT2D eigenvalue weighted by Crippen LogP contribution is 2.19. The Morgan fingerprint density at radius 3 is 2.56 bits per heavy atom. The first-order valence-electron chi connectivity index (χ1n) is 9.58. The molecule has 1 aliphatic rings. The average Bonchev–Trinajstić information content (AvgIpc) is 2.61. The summed E-state index contributed by atoms with van der Waals surface area (Å²) in [5.74, 6) is -0.0230. The lowest BCUT2D eigenvalue weighted by atomic mass is 10.2. The molecule has 152 valence electrons. The van der Waals surface area contributed by atoms with Crippen LogP contribution in [0.5, 0.6) is 0 Å². The van der Waals surface area contributed by atoms with Crippen molar-refractivity contribution in [2.24, 2.45) is 5.92 Å². The van der Waals surface area contributed by atoms with Crippen molar-refractivity contribution in [1.82, 2.24) is 14.5 Å². The number of unbranched alkanes of at least 4 members (excludes halogenated alkanes) is 1. The summed E-state index contributed by atoms with van der Waals surface area (Å²) in [6, 6.07) is 0. The van der Waals surface area contributed by atoms with E-state index in [-0.39, 0.29) is 29.9 Å². The van der Waals surface area contributed by atoms with Crippen molar-refractivity contribution in [2.45, 2.75) is 40.2 Å². The number of nitrogens with zero attached hydrogens (tertiary/aromatic N) is 3. The summed E-state index contributed by atoms with van der Waals surface area (Å²) < 4.78 is 6.66. The molecule has 9 nitrogen and oxygen atoms in total. The molecule has 0 spiro atoms. The van der Waals surface area contributed by atoms with E-state index in [9.17, 15) is 14.4 Å². The number of hydrogen-bond acceptors (Lipinski definition) is 6. The van der Waals surface area contributed by atoms with Crippen molar-refractivity contribution < 1.29 is 9.53 Å². The molecule has 1 aliphatic heterocycles. The zero-order chi connectivity index (χ0) is 20.0. The number of anilines is 2. The predicted octanol–water partition coefficient (Wildman–Crippen LogP) is 0.240. The van der Waals surface area contributed by atoms with Crippen LogP contribution in [0.1, 0.15) is 33.6 Å². The normalized spacial score (nSPS) is 15.3. The first-order valence-corrected chi connectivity index (χ1v) is 9.58. The second-order valence-electron chi connectivity index (χ2n) is 7.29. The van der Waals surface area contributed by atoms with Crippen LogP contribution in [-0.4, -0.2) is 59.8 Å². The molecular weight excluding hydrogens is 350 g/mol. The highest BCUT2D eigenvalue weighted by atomic mass is 16.5. The van der Waals surface area contributed by atoms with Crippen LogP contribution < -0.4 is 21.9 Å². The summed E-state index contributed by atoms with van der Waals surface area (Å²) in [5, 5.41) is 0. The number of rotatable bonds is 8. The molecule has 0 saturated carbocycles. The maximum atomic E-state index is 13.0. The molecule has 1 aromatic rings. The van der Waals surface area contributed by atoms with Gasteiger partial charge in [0.05, 0.1) is 19.8 Å². The van der Waals surface area contributed by atoms with E-state index in [4.69, 9.17) is 10.5 Å². The molecule has 0 unspecified atom stereocenters. The smallest absolute Gasteiger partial charge is 0.330 e. The fraction of sp³-hybridized carbons (Fsp3) is 0.722. The third kappa shape index (κ3) is 5.43. The molecule has 2 heterocycles. The van der Waals surface area contributed by atoms with Gasteiger partial charge in [-0.15, -0.1) is 0 Å². The fourth-order valence-electron chi connectivity index (χ4n) is 3.10. The van der Waals surface area contributed by atoms with E-state index in [0.717, 1.165) is 12.8 Å². The molecule has 0 bridgehead atoms. The van der Waals surface area contributed by atoms with E-state index in [1.807, 2.05) is 25.7 Å². The Kier molecular flexibility index (Phi) is 7.61. The number of ether oxygens (including phenoxy) is 1. The quantitative estimate of drug-likeness (QED) is 0.667. The van der Waals surface area contributed by atoms with Crippen LogP contribution >= 0.6 is 0 Å². The third-order valence-electron chi connectivity index (χ3n) is 4.53. The van der Waals surface area contributed by atoms with E-state index in [2.05, 4.69) is 4.98 Å². The van der Waals surface area contributed by atoms with Gasteiger partial charge in [0.25, 0.3) is 5.56 Å². The monoisotopic (exact) mass is 381 g/mol. The molecule has 2 rings (SSSR count). The molecule has 27 heavy (non-hydrogen) atoms. The molecule has 0 aliphatic carbocycles. The first kappa shape index (κ1) is 21.2. The molecular formula is C18H31N5O4. The average molecular weight is 381 g/mol. The maximum Gasteiger partial charge on any atom is 0.330 e. The largest absolute Gasteiger partial charge is 0.383 e. The second kappa shape index (κ2) is 9.70. The second-order valence-corrected chi connectivity index (χ2v) is 7.29. The van der Waals surface area contributed by atoms with Crippen LogP contribution in [-0.2, 0) is 16.1 Å². The van der Waals surface area contributed by atoms with Crippen LogP contribution in [0, 0.1) is 5.92 Å². The van der Waals surface area contributed by atoms with E-state index in [0.29, 0.717) is 39.4 Å². The highest BCUT2D eigenvalue weighted by Gasteiger charge is 2.26. The van der Waals surface area contributed by atoms with Crippen molar-refractivity contribution in [3.8, 4) is 0 Å².